The second-order valence-electron chi connectivity index (χ2n) is 11.3. The molecule has 0 bridgehead atoms. The zero-order chi connectivity index (χ0) is 27.6. The summed E-state index contributed by atoms with van der Waals surface area (Å²) in [6.07, 6.45) is -0.927. The minimum atomic E-state index is -4.66. The number of amides is 1. The highest BCUT2D eigenvalue weighted by Gasteiger charge is 2.33. The lowest BCUT2D eigenvalue weighted by atomic mass is 9.88. The van der Waals surface area contributed by atoms with Crippen molar-refractivity contribution in [2.75, 3.05) is 13.2 Å². The summed E-state index contributed by atoms with van der Waals surface area (Å²) in [6, 6.07) is 1.90. The number of thiazole rings is 1. The molecule has 1 saturated heterocycles. The van der Waals surface area contributed by atoms with Crippen molar-refractivity contribution in [3.8, 4) is 5.75 Å². The zero-order valence-electron chi connectivity index (χ0n) is 22.0. The van der Waals surface area contributed by atoms with Gasteiger partial charge in [-0.3, -0.25) is 4.79 Å². The molecule has 1 fully saturated rings. The number of carbonyl (C=O) groups excluding carboxylic acids is 1. The van der Waals surface area contributed by atoms with Crippen LogP contribution in [0.15, 0.2) is 34.6 Å². The first kappa shape index (κ1) is 29.0. The van der Waals surface area contributed by atoms with Crippen molar-refractivity contribution in [3.05, 3.63) is 50.1 Å². The molecule has 0 aliphatic carbocycles. The molecule has 204 valence electrons. The van der Waals surface area contributed by atoms with E-state index in [-0.39, 0.29) is 29.4 Å². The molecule has 0 spiro atoms. The molecule has 0 radical (unpaired) electrons. The summed E-state index contributed by atoms with van der Waals surface area (Å²) in [4.78, 5) is 30.2. The van der Waals surface area contributed by atoms with Crippen molar-refractivity contribution in [3.63, 3.8) is 0 Å². The van der Waals surface area contributed by atoms with Gasteiger partial charge in [0.25, 0.3) is 5.91 Å². The minimum absolute atomic E-state index is 0.0194. The van der Waals surface area contributed by atoms with E-state index < -0.39 is 29.1 Å². The van der Waals surface area contributed by atoms with Crippen molar-refractivity contribution in [1.29, 1.82) is 0 Å². The van der Waals surface area contributed by atoms with Gasteiger partial charge in [0.15, 0.2) is 4.80 Å². The number of hydrogen-bond donors (Lipinski definition) is 0. The highest BCUT2D eigenvalue weighted by molar-refractivity contribution is 7.09. The number of carbonyl (C=O) groups is 1. The van der Waals surface area contributed by atoms with E-state index in [1.165, 1.54) is 11.3 Å². The van der Waals surface area contributed by atoms with E-state index >= 15 is 0 Å². The van der Waals surface area contributed by atoms with Crippen LogP contribution in [0.4, 0.5) is 13.2 Å². The smallest absolute Gasteiger partial charge is 0.416 e. The number of benzene rings is 1. The molecule has 1 aliphatic heterocycles. The van der Waals surface area contributed by atoms with Gasteiger partial charge in [0.05, 0.1) is 23.8 Å². The molecule has 37 heavy (non-hydrogen) atoms. The lowest BCUT2D eigenvalue weighted by Gasteiger charge is -2.24. The van der Waals surface area contributed by atoms with Gasteiger partial charge in [-0.2, -0.15) is 23.1 Å². The zero-order valence-corrected chi connectivity index (χ0v) is 22.8. The van der Waals surface area contributed by atoms with E-state index in [0.29, 0.717) is 18.0 Å². The first-order chi connectivity index (χ1) is 17.1. The Hall–Kier alpha value is -2.53. The first-order valence-electron chi connectivity index (χ1n) is 12.2. The van der Waals surface area contributed by atoms with Crippen molar-refractivity contribution < 1.29 is 27.4 Å². The van der Waals surface area contributed by atoms with Crippen molar-refractivity contribution in [2.24, 2.45) is 15.6 Å². The number of alkyl halides is 3. The predicted octanol–water partition coefficient (Wildman–Crippen LogP) is 6.35. The van der Waals surface area contributed by atoms with E-state index in [1.54, 1.807) is 20.8 Å². The van der Waals surface area contributed by atoms with Gasteiger partial charge in [-0.1, -0.05) is 46.7 Å². The lowest BCUT2D eigenvalue weighted by Crippen LogP contribution is -2.30. The SMILES string of the molecule is CC(C)(C)c1cn(C[C@H]2CCCO2)c(=NC(=O)c2cc(C(F)(F)F)ccc2OCC(N=O)C(C)(C)C)s1. The molecule has 3 rings (SSSR count). The Morgan fingerprint density at radius 3 is 2.46 bits per heavy atom. The third-order valence-electron chi connectivity index (χ3n) is 6.14. The summed E-state index contributed by atoms with van der Waals surface area (Å²) in [7, 11) is 0. The van der Waals surface area contributed by atoms with Crippen LogP contribution in [0.5, 0.6) is 5.75 Å². The van der Waals surface area contributed by atoms with Gasteiger partial charge >= 0.3 is 6.18 Å². The van der Waals surface area contributed by atoms with Crippen LogP contribution in [-0.4, -0.2) is 35.8 Å². The third-order valence-corrected chi connectivity index (χ3v) is 7.59. The number of ether oxygens (including phenoxy) is 2. The van der Waals surface area contributed by atoms with Gasteiger partial charge in [0, 0.05) is 17.7 Å². The maximum atomic E-state index is 13.5. The standard InChI is InChI=1S/C26H34F3N3O4S/c1-24(2,3)20(31-34)15-36-19-10-9-16(26(27,28)29)12-18(19)22(33)30-23-32(13-17-8-7-11-35-17)14-21(37-23)25(4,5)6/h9-10,12,14,17,20H,7-8,11,13,15H2,1-6H3/t17-,20?/m1/s1. The van der Waals surface area contributed by atoms with Gasteiger partial charge in [0.2, 0.25) is 0 Å². The molecule has 1 aliphatic rings. The molecule has 7 nitrogen and oxygen atoms in total. The number of rotatable bonds is 7. The highest BCUT2D eigenvalue weighted by Crippen LogP contribution is 2.34. The van der Waals surface area contributed by atoms with Crippen LogP contribution in [0.3, 0.4) is 0 Å². The van der Waals surface area contributed by atoms with Crippen LogP contribution in [0.1, 0.15) is 75.2 Å². The molecular formula is C26H34F3N3O4S. The van der Waals surface area contributed by atoms with Crippen molar-refractivity contribution >= 4 is 17.2 Å². The summed E-state index contributed by atoms with van der Waals surface area (Å²) >= 11 is 1.31. The predicted molar refractivity (Wildman–Crippen MR) is 136 cm³/mol. The number of hydrogen-bond acceptors (Lipinski definition) is 6. The highest BCUT2D eigenvalue weighted by atomic mass is 32.1. The number of nitroso groups, excluding NO2 is 1. The second-order valence-corrected chi connectivity index (χ2v) is 12.3. The second kappa shape index (κ2) is 11.1. The lowest BCUT2D eigenvalue weighted by molar-refractivity contribution is -0.137. The first-order valence-corrected chi connectivity index (χ1v) is 13.0. The number of halogens is 3. The fourth-order valence-corrected chi connectivity index (χ4v) is 4.76. The average Bonchev–Trinajstić information content (AvgIpc) is 3.43. The molecule has 1 unspecified atom stereocenters. The molecule has 2 atom stereocenters. The van der Waals surface area contributed by atoms with Gasteiger partial charge in [0.1, 0.15) is 18.4 Å². The average molecular weight is 542 g/mol. The molecule has 0 saturated carbocycles. The molecule has 11 heteroatoms. The molecule has 2 aromatic rings. The molecule has 1 aromatic heterocycles. The molecular weight excluding hydrogens is 507 g/mol. The summed E-state index contributed by atoms with van der Waals surface area (Å²) in [5.41, 5.74) is -2.07. The van der Waals surface area contributed by atoms with Crippen LogP contribution >= 0.6 is 11.3 Å². The Balaban J connectivity index is 2.04. The summed E-state index contributed by atoms with van der Waals surface area (Å²) in [6.45, 7) is 12.5. The Labute approximate surface area is 218 Å². The summed E-state index contributed by atoms with van der Waals surface area (Å²) in [5.74, 6) is -0.950. The maximum Gasteiger partial charge on any atom is 0.416 e. The number of nitrogens with zero attached hydrogens (tertiary/aromatic N) is 3. The van der Waals surface area contributed by atoms with Gasteiger partial charge in [-0.05, 0) is 41.9 Å². The van der Waals surface area contributed by atoms with Gasteiger partial charge < -0.3 is 14.0 Å². The van der Waals surface area contributed by atoms with Crippen molar-refractivity contribution in [2.45, 2.75) is 84.7 Å². The Morgan fingerprint density at radius 2 is 1.92 bits per heavy atom. The Bertz CT molecular complexity index is 1180. The quantitative estimate of drug-likeness (QED) is 0.383. The largest absolute Gasteiger partial charge is 0.490 e. The Kier molecular flexibility index (Phi) is 8.68. The third kappa shape index (κ3) is 7.50. The van der Waals surface area contributed by atoms with Crippen LogP contribution in [0, 0.1) is 10.3 Å². The minimum Gasteiger partial charge on any atom is -0.490 e. The molecule has 1 aromatic carbocycles. The fraction of sp³-hybridized carbons (Fsp3) is 0.615. The molecule has 2 heterocycles. The summed E-state index contributed by atoms with van der Waals surface area (Å²) in [5, 5.41) is 3.08. The van der Waals surface area contributed by atoms with Crippen LogP contribution < -0.4 is 9.54 Å². The van der Waals surface area contributed by atoms with E-state index in [9.17, 15) is 22.9 Å². The van der Waals surface area contributed by atoms with Crippen molar-refractivity contribution in [1.82, 2.24) is 4.57 Å². The maximum absolute atomic E-state index is 13.5. The monoisotopic (exact) mass is 541 g/mol. The van der Waals surface area contributed by atoms with Gasteiger partial charge in [-0.25, -0.2) is 0 Å². The summed E-state index contributed by atoms with van der Waals surface area (Å²) < 4.78 is 53.7. The van der Waals surface area contributed by atoms with E-state index in [1.807, 2.05) is 31.5 Å². The number of aromatic nitrogens is 1. The van der Waals surface area contributed by atoms with E-state index in [2.05, 4.69) is 10.2 Å². The topological polar surface area (TPSA) is 82.2 Å². The fourth-order valence-electron chi connectivity index (χ4n) is 3.71. The molecule has 1 amide bonds. The normalized spacial score (nSPS) is 18.2. The van der Waals surface area contributed by atoms with Crippen LogP contribution in [0.2, 0.25) is 0 Å². The van der Waals surface area contributed by atoms with Crippen LogP contribution in [-0.2, 0) is 22.9 Å². The Morgan fingerprint density at radius 1 is 1.22 bits per heavy atom. The molecule has 0 N–H and O–H groups in total. The van der Waals surface area contributed by atoms with Crippen LogP contribution in [0.25, 0.3) is 0 Å². The van der Waals surface area contributed by atoms with E-state index in [4.69, 9.17) is 9.47 Å². The van der Waals surface area contributed by atoms with E-state index in [0.717, 1.165) is 35.9 Å². The van der Waals surface area contributed by atoms with Gasteiger partial charge in [-0.15, -0.1) is 11.3 Å².